The third kappa shape index (κ3) is 6.99. The first-order valence-corrected chi connectivity index (χ1v) is 8.81. The van der Waals surface area contributed by atoms with Crippen molar-refractivity contribution in [3.63, 3.8) is 0 Å². The van der Waals surface area contributed by atoms with Crippen molar-refractivity contribution in [2.24, 2.45) is 0 Å². The molecule has 0 saturated carbocycles. The molecule has 1 aromatic rings. The first-order chi connectivity index (χ1) is 10.6. The third-order valence-electron chi connectivity index (χ3n) is 3.11. The molecule has 0 unspecified atom stereocenters. The molecule has 5 heteroatoms. The number of hydrogen-bond donors (Lipinski definition) is 1. The van der Waals surface area contributed by atoms with Gasteiger partial charge in [-0.25, -0.2) is 0 Å². The molecule has 0 spiro atoms. The van der Waals surface area contributed by atoms with Crippen LogP contribution < -0.4 is 14.8 Å². The van der Waals surface area contributed by atoms with Crippen LogP contribution in [0, 0.1) is 0 Å². The van der Waals surface area contributed by atoms with Crippen molar-refractivity contribution < 1.29 is 9.47 Å². The predicted octanol–water partition coefficient (Wildman–Crippen LogP) is 3.68. The second-order valence-electron chi connectivity index (χ2n) is 5.52. The Morgan fingerprint density at radius 1 is 1.18 bits per heavy atom. The van der Waals surface area contributed by atoms with Crippen molar-refractivity contribution in [2.45, 2.75) is 33.2 Å². The standard InChI is InChI=1S/C17H29BrN2O2/c1-5-10-22-17-15(18)11-14(12-16(17)21-6-2)13-19-8-7-9-20(3)4/h11-12,19H,5-10,13H2,1-4H3. The quantitative estimate of drug-likeness (QED) is 0.600. The van der Waals surface area contributed by atoms with E-state index in [1.54, 1.807) is 0 Å². The average Bonchev–Trinajstić information content (AvgIpc) is 2.46. The maximum atomic E-state index is 5.80. The fraction of sp³-hybridized carbons (Fsp3) is 0.647. The van der Waals surface area contributed by atoms with E-state index in [4.69, 9.17) is 9.47 Å². The second kappa shape index (κ2) is 10.9. The summed E-state index contributed by atoms with van der Waals surface area (Å²) in [6.45, 7) is 8.36. The monoisotopic (exact) mass is 372 g/mol. The molecule has 126 valence electrons. The Hall–Kier alpha value is -0.780. The summed E-state index contributed by atoms with van der Waals surface area (Å²) in [5.41, 5.74) is 1.20. The highest BCUT2D eigenvalue weighted by Gasteiger charge is 2.12. The fourth-order valence-electron chi connectivity index (χ4n) is 2.08. The van der Waals surface area contributed by atoms with Crippen LogP contribution in [0.4, 0.5) is 0 Å². The number of nitrogens with zero attached hydrogens (tertiary/aromatic N) is 1. The summed E-state index contributed by atoms with van der Waals surface area (Å²) in [5, 5.41) is 3.47. The zero-order chi connectivity index (χ0) is 16.4. The van der Waals surface area contributed by atoms with Crippen LogP contribution in [0.1, 0.15) is 32.3 Å². The predicted molar refractivity (Wildman–Crippen MR) is 96.0 cm³/mol. The lowest BCUT2D eigenvalue weighted by molar-refractivity contribution is 0.275. The van der Waals surface area contributed by atoms with E-state index in [9.17, 15) is 0 Å². The minimum Gasteiger partial charge on any atom is -0.490 e. The van der Waals surface area contributed by atoms with Gasteiger partial charge in [-0.05, 0) is 80.6 Å². The van der Waals surface area contributed by atoms with Gasteiger partial charge in [-0.15, -0.1) is 0 Å². The Kier molecular flexibility index (Phi) is 9.52. The molecule has 0 heterocycles. The van der Waals surface area contributed by atoms with Crippen LogP contribution in [0.25, 0.3) is 0 Å². The Labute approximate surface area is 143 Å². The van der Waals surface area contributed by atoms with E-state index in [0.717, 1.165) is 48.4 Å². The molecule has 0 aliphatic carbocycles. The zero-order valence-electron chi connectivity index (χ0n) is 14.2. The number of rotatable bonds is 11. The number of benzene rings is 1. The molecule has 0 amide bonds. The van der Waals surface area contributed by atoms with Gasteiger partial charge in [-0.2, -0.15) is 0 Å². The van der Waals surface area contributed by atoms with Gasteiger partial charge in [0.25, 0.3) is 0 Å². The summed E-state index contributed by atoms with van der Waals surface area (Å²) >= 11 is 3.60. The van der Waals surface area contributed by atoms with Crippen molar-refractivity contribution in [3.05, 3.63) is 22.2 Å². The SMILES string of the molecule is CCCOc1c(Br)cc(CNCCCN(C)C)cc1OCC. The lowest BCUT2D eigenvalue weighted by Crippen LogP contribution is -2.21. The number of ether oxygens (including phenoxy) is 2. The topological polar surface area (TPSA) is 33.7 Å². The van der Waals surface area contributed by atoms with E-state index in [0.29, 0.717) is 13.2 Å². The zero-order valence-corrected chi connectivity index (χ0v) is 15.8. The van der Waals surface area contributed by atoms with Crippen molar-refractivity contribution in [1.82, 2.24) is 10.2 Å². The van der Waals surface area contributed by atoms with Crippen LogP contribution in [0.3, 0.4) is 0 Å². The first-order valence-electron chi connectivity index (χ1n) is 8.01. The Bertz CT molecular complexity index is 439. The third-order valence-corrected chi connectivity index (χ3v) is 3.70. The van der Waals surface area contributed by atoms with Crippen LogP contribution in [-0.2, 0) is 6.54 Å². The first kappa shape index (κ1) is 19.3. The van der Waals surface area contributed by atoms with Gasteiger partial charge in [0.15, 0.2) is 11.5 Å². The maximum Gasteiger partial charge on any atom is 0.175 e. The van der Waals surface area contributed by atoms with Crippen LogP contribution in [0.5, 0.6) is 11.5 Å². The van der Waals surface area contributed by atoms with Gasteiger partial charge < -0.3 is 19.7 Å². The van der Waals surface area contributed by atoms with Crippen LogP contribution in [0.2, 0.25) is 0 Å². The summed E-state index contributed by atoms with van der Waals surface area (Å²) in [5.74, 6) is 1.62. The van der Waals surface area contributed by atoms with E-state index in [1.807, 2.05) is 6.92 Å². The Morgan fingerprint density at radius 3 is 2.59 bits per heavy atom. The minimum absolute atomic E-state index is 0.634. The van der Waals surface area contributed by atoms with Crippen molar-refractivity contribution in [2.75, 3.05) is 40.4 Å². The number of halogens is 1. The Morgan fingerprint density at radius 2 is 1.95 bits per heavy atom. The molecule has 0 radical (unpaired) electrons. The average molecular weight is 373 g/mol. The molecule has 1 rings (SSSR count). The summed E-state index contributed by atoms with van der Waals surface area (Å²) in [4.78, 5) is 2.20. The number of hydrogen-bond acceptors (Lipinski definition) is 4. The summed E-state index contributed by atoms with van der Waals surface area (Å²) < 4.78 is 12.5. The molecule has 0 atom stereocenters. The second-order valence-corrected chi connectivity index (χ2v) is 6.37. The molecular formula is C17H29BrN2O2. The minimum atomic E-state index is 0.634. The van der Waals surface area contributed by atoms with Crippen molar-refractivity contribution >= 4 is 15.9 Å². The normalized spacial score (nSPS) is 11.0. The van der Waals surface area contributed by atoms with Gasteiger partial charge in [-0.1, -0.05) is 6.92 Å². The molecule has 1 N–H and O–H groups in total. The van der Waals surface area contributed by atoms with Crippen molar-refractivity contribution in [1.29, 1.82) is 0 Å². The largest absolute Gasteiger partial charge is 0.490 e. The van der Waals surface area contributed by atoms with Gasteiger partial charge in [0.1, 0.15) is 0 Å². The van der Waals surface area contributed by atoms with Gasteiger partial charge in [0.2, 0.25) is 0 Å². The van der Waals surface area contributed by atoms with Crippen LogP contribution >= 0.6 is 15.9 Å². The molecule has 1 aromatic carbocycles. The fourth-order valence-corrected chi connectivity index (χ4v) is 2.69. The van der Waals surface area contributed by atoms with E-state index in [1.165, 1.54) is 5.56 Å². The van der Waals surface area contributed by atoms with Gasteiger partial charge in [-0.3, -0.25) is 0 Å². The molecule has 0 saturated heterocycles. The van der Waals surface area contributed by atoms with Gasteiger partial charge >= 0.3 is 0 Å². The molecule has 0 aliphatic rings. The molecule has 0 aromatic heterocycles. The smallest absolute Gasteiger partial charge is 0.175 e. The van der Waals surface area contributed by atoms with E-state index in [2.05, 4.69) is 59.3 Å². The molecule has 22 heavy (non-hydrogen) atoms. The van der Waals surface area contributed by atoms with E-state index in [-0.39, 0.29) is 0 Å². The molecular weight excluding hydrogens is 344 g/mol. The molecule has 0 fully saturated rings. The molecule has 0 bridgehead atoms. The van der Waals surface area contributed by atoms with E-state index >= 15 is 0 Å². The number of nitrogens with one attached hydrogen (secondary N) is 1. The summed E-state index contributed by atoms with van der Waals surface area (Å²) in [6.07, 6.45) is 2.12. The van der Waals surface area contributed by atoms with Crippen molar-refractivity contribution in [3.8, 4) is 11.5 Å². The lowest BCUT2D eigenvalue weighted by atomic mass is 10.2. The lowest BCUT2D eigenvalue weighted by Gasteiger charge is -2.15. The van der Waals surface area contributed by atoms with E-state index < -0.39 is 0 Å². The van der Waals surface area contributed by atoms with Crippen LogP contribution in [-0.4, -0.2) is 45.3 Å². The van der Waals surface area contributed by atoms with Crippen LogP contribution in [0.15, 0.2) is 16.6 Å². The molecule has 4 nitrogen and oxygen atoms in total. The summed E-state index contributed by atoms with van der Waals surface area (Å²) in [6, 6.07) is 4.17. The van der Waals surface area contributed by atoms with Gasteiger partial charge in [0.05, 0.1) is 17.7 Å². The molecule has 0 aliphatic heterocycles. The Balaban J connectivity index is 2.63. The summed E-state index contributed by atoms with van der Waals surface area (Å²) in [7, 11) is 4.20. The highest BCUT2D eigenvalue weighted by molar-refractivity contribution is 9.10. The van der Waals surface area contributed by atoms with Gasteiger partial charge in [0, 0.05) is 6.54 Å². The maximum absolute atomic E-state index is 5.80. The highest BCUT2D eigenvalue weighted by Crippen LogP contribution is 2.37. The highest BCUT2D eigenvalue weighted by atomic mass is 79.9.